The minimum Gasteiger partial charge on any atom is -0.508 e. The van der Waals surface area contributed by atoms with E-state index in [2.05, 4.69) is 10.6 Å². The number of aromatic hydroxyl groups is 1. The van der Waals surface area contributed by atoms with Gasteiger partial charge in [0.15, 0.2) is 6.61 Å². The molecule has 3 aromatic rings. The highest BCUT2D eigenvalue weighted by Gasteiger charge is 2.17. The van der Waals surface area contributed by atoms with Crippen molar-refractivity contribution in [3.05, 3.63) is 95.6 Å². The zero-order chi connectivity index (χ0) is 22.2. The van der Waals surface area contributed by atoms with Crippen LogP contribution >= 0.6 is 0 Å². The maximum absolute atomic E-state index is 12.7. The van der Waals surface area contributed by atoms with Crippen molar-refractivity contribution in [2.24, 2.45) is 0 Å². The predicted octanol–water partition coefficient (Wildman–Crippen LogP) is 3.68. The zero-order valence-corrected chi connectivity index (χ0v) is 16.9. The highest BCUT2D eigenvalue weighted by molar-refractivity contribution is 6.04. The Balaban J connectivity index is 1.60. The lowest BCUT2D eigenvalue weighted by molar-refractivity contribution is -0.119. The minimum atomic E-state index is -0.696. The first-order chi connectivity index (χ1) is 14.9. The fourth-order valence-corrected chi connectivity index (χ4v) is 2.89. The van der Waals surface area contributed by atoms with E-state index in [1.54, 1.807) is 24.3 Å². The number of phenolic OH excluding ortho intramolecular Hbond substituents is 1. The van der Waals surface area contributed by atoms with E-state index in [1.807, 2.05) is 37.3 Å². The third-order valence-electron chi connectivity index (χ3n) is 4.53. The molecule has 3 aromatic carbocycles. The van der Waals surface area contributed by atoms with Crippen molar-refractivity contribution in [3.8, 4) is 5.75 Å². The van der Waals surface area contributed by atoms with E-state index < -0.39 is 18.5 Å². The standard InChI is InChI=1S/C24H22N2O5/c1-16(17-7-3-2-4-8-17)25-23(29)20-9-5-6-10-21(20)26-22(28)15-31-24(30)18-11-13-19(27)14-12-18/h2-14,16,27H,15H2,1H3,(H,25,29)(H,26,28)/t16-/m1/s1. The fourth-order valence-electron chi connectivity index (χ4n) is 2.89. The van der Waals surface area contributed by atoms with Gasteiger partial charge in [-0.25, -0.2) is 4.79 Å². The summed E-state index contributed by atoms with van der Waals surface area (Å²) in [7, 11) is 0. The van der Waals surface area contributed by atoms with E-state index in [9.17, 15) is 19.5 Å². The zero-order valence-electron chi connectivity index (χ0n) is 16.9. The number of carbonyl (C=O) groups is 3. The molecule has 0 unspecified atom stereocenters. The van der Waals surface area contributed by atoms with Crippen LogP contribution in [0.2, 0.25) is 0 Å². The van der Waals surface area contributed by atoms with Gasteiger partial charge in [0.1, 0.15) is 5.75 Å². The lowest BCUT2D eigenvalue weighted by atomic mass is 10.1. The van der Waals surface area contributed by atoms with Gasteiger partial charge in [-0.05, 0) is 48.9 Å². The maximum atomic E-state index is 12.7. The number of para-hydroxylation sites is 1. The Morgan fingerprint density at radius 3 is 2.26 bits per heavy atom. The molecule has 0 fully saturated rings. The van der Waals surface area contributed by atoms with Gasteiger partial charge in [0, 0.05) is 0 Å². The van der Waals surface area contributed by atoms with E-state index in [-0.39, 0.29) is 23.3 Å². The number of carbonyl (C=O) groups excluding carboxylic acids is 3. The van der Waals surface area contributed by atoms with Crippen LogP contribution in [0.3, 0.4) is 0 Å². The number of amides is 2. The number of esters is 1. The average Bonchev–Trinajstić information content (AvgIpc) is 2.79. The van der Waals surface area contributed by atoms with Crippen molar-refractivity contribution in [3.63, 3.8) is 0 Å². The van der Waals surface area contributed by atoms with Crippen molar-refractivity contribution in [1.82, 2.24) is 5.32 Å². The van der Waals surface area contributed by atoms with Crippen molar-refractivity contribution in [2.45, 2.75) is 13.0 Å². The molecule has 31 heavy (non-hydrogen) atoms. The van der Waals surface area contributed by atoms with Crippen LogP contribution in [-0.4, -0.2) is 29.5 Å². The SMILES string of the molecule is C[C@@H](NC(=O)c1ccccc1NC(=O)COC(=O)c1ccc(O)cc1)c1ccccc1. The minimum absolute atomic E-state index is 0.0192. The monoisotopic (exact) mass is 418 g/mol. The lowest BCUT2D eigenvalue weighted by Gasteiger charge is -2.16. The number of phenols is 1. The quantitative estimate of drug-likeness (QED) is 0.508. The third-order valence-corrected chi connectivity index (χ3v) is 4.53. The summed E-state index contributed by atoms with van der Waals surface area (Å²) in [5.41, 5.74) is 1.77. The van der Waals surface area contributed by atoms with Gasteiger partial charge in [-0.2, -0.15) is 0 Å². The summed E-state index contributed by atoms with van der Waals surface area (Å²) < 4.78 is 4.99. The molecule has 2 amide bonds. The lowest BCUT2D eigenvalue weighted by Crippen LogP contribution is -2.28. The summed E-state index contributed by atoms with van der Waals surface area (Å²) in [6.45, 7) is 1.35. The summed E-state index contributed by atoms with van der Waals surface area (Å²) in [6.07, 6.45) is 0. The molecule has 0 spiro atoms. The molecular formula is C24H22N2O5. The molecule has 0 saturated carbocycles. The largest absolute Gasteiger partial charge is 0.508 e. The number of rotatable bonds is 7. The first-order valence-electron chi connectivity index (χ1n) is 9.65. The highest BCUT2D eigenvalue weighted by atomic mass is 16.5. The topological polar surface area (TPSA) is 105 Å². The molecule has 1 atom stereocenters. The molecule has 7 heteroatoms. The van der Waals surface area contributed by atoms with Crippen LogP contribution in [0.15, 0.2) is 78.9 Å². The maximum Gasteiger partial charge on any atom is 0.338 e. The Labute approximate surface area is 179 Å². The molecular weight excluding hydrogens is 396 g/mol. The van der Waals surface area contributed by atoms with Gasteiger partial charge >= 0.3 is 5.97 Å². The van der Waals surface area contributed by atoms with Crippen LogP contribution in [0, 0.1) is 0 Å². The van der Waals surface area contributed by atoms with Gasteiger partial charge in [-0.3, -0.25) is 9.59 Å². The van der Waals surface area contributed by atoms with Crippen LogP contribution in [0.5, 0.6) is 5.75 Å². The van der Waals surface area contributed by atoms with E-state index in [0.29, 0.717) is 11.3 Å². The van der Waals surface area contributed by atoms with Gasteiger partial charge in [0.2, 0.25) is 0 Å². The molecule has 0 aromatic heterocycles. The van der Waals surface area contributed by atoms with Crippen LogP contribution in [0.4, 0.5) is 5.69 Å². The molecule has 0 radical (unpaired) electrons. The number of nitrogens with one attached hydrogen (secondary N) is 2. The molecule has 7 nitrogen and oxygen atoms in total. The normalized spacial score (nSPS) is 11.3. The molecule has 0 bridgehead atoms. The van der Waals surface area contributed by atoms with E-state index in [4.69, 9.17) is 4.74 Å². The van der Waals surface area contributed by atoms with Crippen molar-refractivity contribution >= 4 is 23.5 Å². The predicted molar refractivity (Wildman–Crippen MR) is 116 cm³/mol. The Morgan fingerprint density at radius 1 is 0.903 bits per heavy atom. The fraction of sp³-hybridized carbons (Fsp3) is 0.125. The number of hydrogen-bond acceptors (Lipinski definition) is 5. The van der Waals surface area contributed by atoms with Crippen molar-refractivity contribution in [1.29, 1.82) is 0 Å². The molecule has 0 heterocycles. The van der Waals surface area contributed by atoms with Crippen molar-refractivity contribution < 1.29 is 24.2 Å². The highest BCUT2D eigenvalue weighted by Crippen LogP contribution is 2.18. The first-order valence-corrected chi connectivity index (χ1v) is 9.65. The number of benzene rings is 3. The van der Waals surface area contributed by atoms with E-state index in [0.717, 1.165) is 5.56 Å². The Hall–Kier alpha value is -4.13. The number of ether oxygens (including phenoxy) is 1. The summed E-state index contributed by atoms with van der Waals surface area (Å²) in [4.78, 5) is 37.0. The van der Waals surface area contributed by atoms with Gasteiger partial charge < -0.3 is 20.5 Å². The van der Waals surface area contributed by atoms with E-state index >= 15 is 0 Å². The van der Waals surface area contributed by atoms with Gasteiger partial charge in [0.25, 0.3) is 11.8 Å². The Kier molecular flexibility index (Phi) is 7.01. The van der Waals surface area contributed by atoms with Crippen LogP contribution in [0.25, 0.3) is 0 Å². The second-order valence-electron chi connectivity index (χ2n) is 6.82. The summed E-state index contributed by atoms with van der Waals surface area (Å²) >= 11 is 0. The summed E-state index contributed by atoms with van der Waals surface area (Å²) in [5, 5.41) is 14.8. The van der Waals surface area contributed by atoms with Crippen molar-refractivity contribution in [2.75, 3.05) is 11.9 Å². The molecule has 3 N–H and O–H groups in total. The second kappa shape index (κ2) is 10.1. The third kappa shape index (κ3) is 5.93. The average molecular weight is 418 g/mol. The number of hydrogen-bond donors (Lipinski definition) is 3. The number of anilines is 1. The molecule has 158 valence electrons. The molecule has 0 aliphatic heterocycles. The van der Waals surface area contributed by atoms with Crippen LogP contribution < -0.4 is 10.6 Å². The first kappa shape index (κ1) is 21.6. The van der Waals surface area contributed by atoms with Gasteiger partial charge in [-0.1, -0.05) is 42.5 Å². The molecule has 0 aliphatic carbocycles. The second-order valence-corrected chi connectivity index (χ2v) is 6.82. The van der Waals surface area contributed by atoms with E-state index in [1.165, 1.54) is 24.3 Å². The van der Waals surface area contributed by atoms with Gasteiger partial charge in [0.05, 0.1) is 22.9 Å². The smallest absolute Gasteiger partial charge is 0.338 e. The molecule has 0 saturated heterocycles. The van der Waals surface area contributed by atoms with Crippen LogP contribution in [-0.2, 0) is 9.53 Å². The summed E-state index contributed by atoms with van der Waals surface area (Å²) in [5.74, 6) is -1.60. The Morgan fingerprint density at radius 2 is 1.55 bits per heavy atom. The van der Waals surface area contributed by atoms with Gasteiger partial charge in [-0.15, -0.1) is 0 Å². The molecule has 0 aliphatic rings. The Bertz CT molecular complexity index is 1060. The molecule has 3 rings (SSSR count). The van der Waals surface area contributed by atoms with Crippen LogP contribution in [0.1, 0.15) is 39.2 Å². The summed E-state index contributed by atoms with van der Waals surface area (Å²) in [6, 6.07) is 21.4.